The molecular weight excluding hydrogens is 432 g/mol. The van der Waals surface area contributed by atoms with Crippen LogP contribution in [0.25, 0.3) is 0 Å². The fourth-order valence-electron chi connectivity index (χ4n) is 5.92. The van der Waals surface area contributed by atoms with E-state index in [1.165, 1.54) is 12.8 Å². The van der Waals surface area contributed by atoms with E-state index in [2.05, 4.69) is 23.7 Å². The molecule has 2 fully saturated rings. The van der Waals surface area contributed by atoms with Crippen molar-refractivity contribution < 1.29 is 19.0 Å². The Morgan fingerprint density at radius 3 is 2.53 bits per heavy atom. The first-order chi connectivity index (χ1) is 16.3. The molecule has 4 aliphatic heterocycles. The van der Waals surface area contributed by atoms with Gasteiger partial charge in [-0.15, -0.1) is 0 Å². The summed E-state index contributed by atoms with van der Waals surface area (Å²) in [6.07, 6.45) is 4.46. The van der Waals surface area contributed by atoms with E-state index in [0.717, 1.165) is 35.7 Å². The Labute approximate surface area is 199 Å². The van der Waals surface area contributed by atoms with Gasteiger partial charge in [-0.1, -0.05) is 6.07 Å². The topological polar surface area (TPSA) is 99.3 Å². The molecule has 1 atom stereocenters. The van der Waals surface area contributed by atoms with Crippen molar-refractivity contribution in [2.24, 2.45) is 16.1 Å². The number of carbonyl (C=O) groups is 1. The largest absolute Gasteiger partial charge is 0.487 e. The van der Waals surface area contributed by atoms with Crippen LogP contribution in [-0.2, 0) is 21.4 Å². The van der Waals surface area contributed by atoms with Gasteiger partial charge < -0.3 is 24.8 Å². The highest BCUT2D eigenvalue weighted by Crippen LogP contribution is 2.62. The molecule has 0 amide bonds. The number of carbonyl (C=O) groups excluding carboxylic acids is 1. The minimum Gasteiger partial charge on any atom is -0.487 e. The quantitative estimate of drug-likeness (QED) is 0.698. The molecule has 4 aliphatic rings. The predicted molar refractivity (Wildman–Crippen MR) is 127 cm³/mol. The zero-order chi connectivity index (χ0) is 23.6. The van der Waals surface area contributed by atoms with Crippen molar-refractivity contribution >= 4 is 17.5 Å². The van der Waals surface area contributed by atoms with E-state index in [9.17, 15) is 4.79 Å². The molecule has 2 saturated heterocycles. The lowest BCUT2D eigenvalue weighted by atomic mass is 9.55. The van der Waals surface area contributed by atoms with Gasteiger partial charge in [0.2, 0.25) is 0 Å². The van der Waals surface area contributed by atoms with E-state index >= 15 is 0 Å². The number of benzene rings is 1. The number of pyridine rings is 1. The van der Waals surface area contributed by atoms with Crippen molar-refractivity contribution in [1.29, 1.82) is 0 Å². The highest BCUT2D eigenvalue weighted by molar-refractivity contribution is 5.96. The predicted octanol–water partition coefficient (Wildman–Crippen LogP) is 2.84. The number of ether oxygens (including phenoxy) is 3. The van der Waals surface area contributed by atoms with Gasteiger partial charge in [-0.3, -0.25) is 9.78 Å². The van der Waals surface area contributed by atoms with Crippen LogP contribution in [0.3, 0.4) is 0 Å². The Balaban J connectivity index is 1.31. The number of Topliss-reactive ketones (excluding diaryl/α,β-unsaturated/α-hetero) is 1. The van der Waals surface area contributed by atoms with Crippen molar-refractivity contribution in [3.05, 3.63) is 53.3 Å². The highest BCUT2D eigenvalue weighted by Gasteiger charge is 2.71. The van der Waals surface area contributed by atoms with Crippen LogP contribution in [0.4, 0.5) is 5.69 Å². The number of aliphatic imine (C=N–C) groups is 1. The summed E-state index contributed by atoms with van der Waals surface area (Å²) in [5.74, 6) is 0.722. The molecule has 2 aromatic rings. The van der Waals surface area contributed by atoms with Gasteiger partial charge in [0.15, 0.2) is 5.78 Å². The van der Waals surface area contributed by atoms with E-state index in [0.29, 0.717) is 25.5 Å². The number of ketones is 1. The second kappa shape index (κ2) is 7.43. The molecule has 178 valence electrons. The van der Waals surface area contributed by atoms with Crippen LogP contribution in [0.2, 0.25) is 0 Å². The standard InChI is InChI=1S/C26H30N4O4/c1-24(2)25(14-32-15-25)26(16-33-23(27)29-26)19-11-17(5-8-22(19)34-24)12-21(31)20-7-6-18(13-28-20)30-9-3-4-10-30/h5-8,11,13H,3-4,9-10,12,14-16H2,1-2H3,(H2,27,29). The van der Waals surface area contributed by atoms with E-state index in [1.54, 1.807) is 0 Å². The number of rotatable bonds is 4. The fraction of sp³-hybridized carbons (Fsp3) is 0.500. The first-order valence-electron chi connectivity index (χ1n) is 12.0. The summed E-state index contributed by atoms with van der Waals surface area (Å²) in [6.45, 7) is 7.59. The summed E-state index contributed by atoms with van der Waals surface area (Å²) >= 11 is 0. The van der Waals surface area contributed by atoms with Crippen LogP contribution in [0.5, 0.6) is 5.75 Å². The lowest BCUT2D eigenvalue weighted by Gasteiger charge is -2.61. The van der Waals surface area contributed by atoms with Gasteiger partial charge in [0.25, 0.3) is 6.02 Å². The minimum atomic E-state index is -0.707. The fourth-order valence-corrected chi connectivity index (χ4v) is 5.92. The molecule has 1 unspecified atom stereocenters. The molecule has 1 aromatic carbocycles. The Bertz CT molecular complexity index is 1170. The maximum Gasteiger partial charge on any atom is 0.283 e. The molecule has 2 N–H and O–H groups in total. The molecule has 1 aromatic heterocycles. The van der Waals surface area contributed by atoms with Gasteiger partial charge >= 0.3 is 0 Å². The lowest BCUT2D eigenvalue weighted by molar-refractivity contribution is -0.247. The second-order valence-corrected chi connectivity index (χ2v) is 10.3. The minimum absolute atomic E-state index is 0.0218. The maximum atomic E-state index is 13.1. The van der Waals surface area contributed by atoms with Crippen molar-refractivity contribution in [2.45, 2.75) is 44.2 Å². The molecule has 34 heavy (non-hydrogen) atoms. The molecule has 0 bridgehead atoms. The third-order valence-corrected chi connectivity index (χ3v) is 8.10. The lowest BCUT2D eigenvalue weighted by Crippen LogP contribution is -2.71. The summed E-state index contributed by atoms with van der Waals surface area (Å²) in [5, 5.41) is 0. The molecule has 0 radical (unpaired) electrons. The van der Waals surface area contributed by atoms with Crippen LogP contribution < -0.4 is 15.4 Å². The molecule has 6 rings (SSSR count). The Hall–Kier alpha value is -3.13. The number of anilines is 1. The summed E-state index contributed by atoms with van der Waals surface area (Å²) < 4.78 is 17.8. The number of aromatic nitrogens is 1. The number of nitrogens with two attached hydrogens (primary N) is 1. The summed E-state index contributed by atoms with van der Waals surface area (Å²) in [6, 6.07) is 9.90. The van der Waals surface area contributed by atoms with E-state index in [-0.39, 0.29) is 18.2 Å². The highest BCUT2D eigenvalue weighted by atomic mass is 16.5. The first kappa shape index (κ1) is 21.4. The monoisotopic (exact) mass is 462 g/mol. The van der Waals surface area contributed by atoms with E-state index in [4.69, 9.17) is 24.9 Å². The zero-order valence-electron chi connectivity index (χ0n) is 19.7. The van der Waals surface area contributed by atoms with Gasteiger partial charge in [0.05, 0.1) is 30.5 Å². The van der Waals surface area contributed by atoms with Gasteiger partial charge in [0.1, 0.15) is 29.2 Å². The van der Waals surface area contributed by atoms with E-state index in [1.807, 2.05) is 36.5 Å². The molecular formula is C26H30N4O4. The van der Waals surface area contributed by atoms with E-state index < -0.39 is 16.6 Å². The smallest absolute Gasteiger partial charge is 0.283 e. The molecule has 0 aliphatic carbocycles. The Kier molecular flexibility index (Phi) is 4.68. The third kappa shape index (κ3) is 2.97. The maximum absolute atomic E-state index is 13.1. The number of hydrogen-bond acceptors (Lipinski definition) is 8. The zero-order valence-corrected chi connectivity index (χ0v) is 19.7. The molecule has 2 spiro atoms. The average Bonchev–Trinajstić information content (AvgIpc) is 3.44. The van der Waals surface area contributed by atoms with Crippen molar-refractivity contribution in [2.75, 3.05) is 37.8 Å². The van der Waals surface area contributed by atoms with Crippen LogP contribution in [-0.4, -0.2) is 55.3 Å². The van der Waals surface area contributed by atoms with Crippen LogP contribution in [0.15, 0.2) is 41.5 Å². The van der Waals surface area contributed by atoms with Gasteiger partial charge in [-0.2, -0.15) is 0 Å². The molecule has 0 saturated carbocycles. The Morgan fingerprint density at radius 1 is 1.12 bits per heavy atom. The number of amidine groups is 1. The van der Waals surface area contributed by atoms with Gasteiger partial charge in [-0.25, -0.2) is 4.99 Å². The molecule has 8 heteroatoms. The summed E-state index contributed by atoms with van der Waals surface area (Å²) in [5.41, 5.74) is 7.73. The van der Waals surface area contributed by atoms with Gasteiger partial charge in [-0.05, 0) is 56.5 Å². The normalized spacial score (nSPS) is 25.9. The SMILES string of the molecule is CC1(C)Oc2ccc(CC(=O)c3ccc(N4CCCC4)cn3)cc2C2(COC(N)=N2)C12COC2. The van der Waals surface area contributed by atoms with Crippen molar-refractivity contribution in [3.8, 4) is 5.75 Å². The number of fused-ring (bicyclic) bond motifs is 3. The number of hydrogen-bond donors (Lipinski definition) is 1. The molecule has 5 heterocycles. The first-order valence-corrected chi connectivity index (χ1v) is 12.0. The van der Waals surface area contributed by atoms with Crippen molar-refractivity contribution in [1.82, 2.24) is 4.98 Å². The summed E-state index contributed by atoms with van der Waals surface area (Å²) in [4.78, 5) is 24.7. The van der Waals surface area contributed by atoms with Gasteiger partial charge in [0, 0.05) is 25.1 Å². The third-order valence-electron chi connectivity index (χ3n) is 8.10. The van der Waals surface area contributed by atoms with Crippen LogP contribution in [0.1, 0.15) is 48.3 Å². The van der Waals surface area contributed by atoms with Crippen LogP contribution >= 0.6 is 0 Å². The summed E-state index contributed by atoms with van der Waals surface area (Å²) in [7, 11) is 0. The number of nitrogens with zero attached hydrogens (tertiary/aromatic N) is 3. The Morgan fingerprint density at radius 2 is 1.91 bits per heavy atom. The van der Waals surface area contributed by atoms with Crippen molar-refractivity contribution in [3.63, 3.8) is 0 Å². The molecule has 8 nitrogen and oxygen atoms in total. The van der Waals surface area contributed by atoms with Crippen LogP contribution in [0, 0.1) is 5.41 Å². The average molecular weight is 463 g/mol. The second-order valence-electron chi connectivity index (χ2n) is 10.3.